The van der Waals surface area contributed by atoms with E-state index in [1.165, 1.54) is 11.1 Å². The van der Waals surface area contributed by atoms with Gasteiger partial charge >= 0.3 is 5.97 Å². The number of anilines is 1. The lowest BCUT2D eigenvalue weighted by molar-refractivity contribution is 0.0224. The van der Waals surface area contributed by atoms with Gasteiger partial charge in [0.25, 0.3) is 0 Å². The van der Waals surface area contributed by atoms with Crippen molar-refractivity contribution in [2.75, 3.05) is 4.90 Å². The number of ether oxygens (including phenoxy) is 2. The zero-order chi connectivity index (χ0) is 25.5. The minimum absolute atomic E-state index is 0.320. The lowest BCUT2D eigenvalue weighted by atomic mass is 9.77. The molecule has 0 amide bonds. The van der Waals surface area contributed by atoms with Gasteiger partial charge in [-0.05, 0) is 41.5 Å². The summed E-state index contributed by atoms with van der Waals surface area (Å²) in [7, 11) is 0. The maximum absolute atomic E-state index is 13.2. The fourth-order valence-electron chi connectivity index (χ4n) is 5.65. The Hall–Kier alpha value is -4.83. The van der Waals surface area contributed by atoms with Crippen molar-refractivity contribution >= 4 is 11.7 Å². The van der Waals surface area contributed by atoms with Crippen LogP contribution < -0.4 is 9.64 Å². The van der Waals surface area contributed by atoms with Crippen LogP contribution in [0.15, 0.2) is 127 Å². The third-order valence-corrected chi connectivity index (χ3v) is 7.40. The topological polar surface area (TPSA) is 38.8 Å². The molecule has 0 radical (unpaired) electrons. The molecule has 4 heteroatoms. The Morgan fingerprint density at radius 2 is 1.16 bits per heavy atom. The van der Waals surface area contributed by atoms with E-state index in [9.17, 15) is 4.79 Å². The number of hydrogen-bond donors (Lipinski definition) is 0. The van der Waals surface area contributed by atoms with E-state index >= 15 is 0 Å². The van der Waals surface area contributed by atoms with Gasteiger partial charge in [0.1, 0.15) is 11.5 Å². The van der Waals surface area contributed by atoms with Gasteiger partial charge in [0.15, 0.2) is 5.60 Å². The molecule has 1 atom stereocenters. The molecular formula is C34H25NO3. The fourth-order valence-corrected chi connectivity index (χ4v) is 5.65. The fraction of sp³-hybridized carbons (Fsp3) is 0.0882. The summed E-state index contributed by atoms with van der Waals surface area (Å²) in [6.07, 6.45) is 0. The second kappa shape index (κ2) is 8.93. The maximum Gasteiger partial charge on any atom is 0.340 e. The molecule has 5 aromatic rings. The normalized spacial score (nSPS) is 16.7. The lowest BCUT2D eigenvalue weighted by Crippen LogP contribution is -2.33. The molecule has 0 fully saturated rings. The van der Waals surface area contributed by atoms with E-state index in [-0.39, 0.29) is 5.97 Å². The van der Waals surface area contributed by atoms with Gasteiger partial charge in [-0.15, -0.1) is 0 Å². The van der Waals surface area contributed by atoms with E-state index in [1.54, 1.807) is 0 Å². The van der Waals surface area contributed by atoms with Crippen molar-refractivity contribution in [2.24, 2.45) is 0 Å². The molecule has 2 heterocycles. The smallest absolute Gasteiger partial charge is 0.340 e. The summed E-state index contributed by atoms with van der Waals surface area (Å²) in [5.74, 6) is 1.07. The van der Waals surface area contributed by atoms with E-state index in [1.807, 2.05) is 66.7 Å². The molecule has 38 heavy (non-hydrogen) atoms. The number of carbonyl (C=O) groups excluding carboxylic acids is 1. The van der Waals surface area contributed by atoms with E-state index in [2.05, 4.69) is 65.6 Å². The van der Waals surface area contributed by atoms with Gasteiger partial charge in [-0.25, -0.2) is 4.79 Å². The monoisotopic (exact) mass is 495 g/mol. The van der Waals surface area contributed by atoms with Gasteiger partial charge in [-0.2, -0.15) is 0 Å². The van der Waals surface area contributed by atoms with Crippen molar-refractivity contribution < 1.29 is 14.3 Å². The summed E-state index contributed by atoms with van der Waals surface area (Å²) >= 11 is 0. The molecule has 1 spiro atoms. The molecule has 0 saturated heterocycles. The highest BCUT2D eigenvalue weighted by atomic mass is 16.6. The van der Waals surface area contributed by atoms with E-state index in [0.29, 0.717) is 17.1 Å². The van der Waals surface area contributed by atoms with Crippen LogP contribution in [0.1, 0.15) is 38.2 Å². The molecule has 5 aromatic carbocycles. The molecule has 2 aliphatic rings. The largest absolute Gasteiger partial charge is 0.456 e. The molecule has 4 nitrogen and oxygen atoms in total. The Bertz CT molecular complexity index is 1610. The van der Waals surface area contributed by atoms with E-state index < -0.39 is 5.60 Å². The van der Waals surface area contributed by atoms with Crippen LogP contribution in [0.25, 0.3) is 0 Å². The summed E-state index contributed by atoms with van der Waals surface area (Å²) in [5.41, 5.74) is 5.49. The van der Waals surface area contributed by atoms with Gasteiger partial charge in [0.2, 0.25) is 0 Å². The average molecular weight is 496 g/mol. The summed E-state index contributed by atoms with van der Waals surface area (Å²) in [6.45, 7) is 1.46. The number of para-hydroxylation sites is 1. The molecule has 7 rings (SSSR count). The quantitative estimate of drug-likeness (QED) is 0.237. The summed E-state index contributed by atoms with van der Waals surface area (Å²) in [4.78, 5) is 15.5. The molecule has 0 saturated carbocycles. The summed E-state index contributed by atoms with van der Waals surface area (Å²) in [6, 6.07) is 42.6. The zero-order valence-corrected chi connectivity index (χ0v) is 20.7. The van der Waals surface area contributed by atoms with Crippen LogP contribution in [0.3, 0.4) is 0 Å². The summed E-state index contributed by atoms with van der Waals surface area (Å²) in [5, 5.41) is 0. The Morgan fingerprint density at radius 3 is 1.87 bits per heavy atom. The number of esters is 1. The van der Waals surface area contributed by atoms with E-state index in [0.717, 1.165) is 35.5 Å². The van der Waals surface area contributed by atoms with Crippen LogP contribution in [0.5, 0.6) is 11.5 Å². The van der Waals surface area contributed by atoms with Crippen molar-refractivity contribution in [3.63, 3.8) is 0 Å². The Morgan fingerprint density at radius 1 is 0.579 bits per heavy atom. The molecular weight excluding hydrogens is 470 g/mol. The first kappa shape index (κ1) is 22.4. The van der Waals surface area contributed by atoms with Crippen LogP contribution in [0.4, 0.5) is 5.69 Å². The highest BCUT2D eigenvalue weighted by Gasteiger charge is 2.53. The highest BCUT2D eigenvalue weighted by Crippen LogP contribution is 2.56. The SMILES string of the molecule is O=C1OC2(c3ccccc3Oc3ccc(N(Cc4ccccc4)Cc4ccccc4)cc32)c2ccccc21. The Balaban J connectivity index is 1.40. The van der Waals surface area contributed by atoms with Crippen molar-refractivity contribution in [1.29, 1.82) is 0 Å². The number of rotatable bonds is 5. The first-order valence-electron chi connectivity index (χ1n) is 12.8. The van der Waals surface area contributed by atoms with Crippen LogP contribution >= 0.6 is 0 Å². The van der Waals surface area contributed by atoms with Gasteiger partial charge in [-0.1, -0.05) is 97.1 Å². The molecule has 0 bridgehead atoms. The number of hydrogen-bond acceptors (Lipinski definition) is 4. The highest BCUT2D eigenvalue weighted by molar-refractivity contribution is 5.97. The molecule has 2 aliphatic heterocycles. The van der Waals surface area contributed by atoms with Crippen LogP contribution in [0.2, 0.25) is 0 Å². The molecule has 0 aliphatic carbocycles. The zero-order valence-electron chi connectivity index (χ0n) is 20.7. The predicted molar refractivity (Wildman–Crippen MR) is 147 cm³/mol. The van der Waals surface area contributed by atoms with Crippen molar-refractivity contribution in [3.8, 4) is 11.5 Å². The molecule has 184 valence electrons. The Kier molecular flexibility index (Phi) is 5.26. The van der Waals surface area contributed by atoms with Crippen molar-refractivity contribution in [2.45, 2.75) is 18.7 Å². The van der Waals surface area contributed by atoms with E-state index in [4.69, 9.17) is 9.47 Å². The van der Waals surface area contributed by atoms with Gasteiger partial charge in [-0.3, -0.25) is 0 Å². The van der Waals surface area contributed by atoms with Crippen LogP contribution in [-0.4, -0.2) is 5.97 Å². The third-order valence-electron chi connectivity index (χ3n) is 7.40. The average Bonchev–Trinajstić information content (AvgIpc) is 3.27. The number of nitrogens with zero attached hydrogens (tertiary/aromatic N) is 1. The Labute approximate surface area is 221 Å². The third kappa shape index (κ3) is 3.57. The first-order valence-corrected chi connectivity index (χ1v) is 12.8. The van der Waals surface area contributed by atoms with Gasteiger partial charge in [0, 0.05) is 35.5 Å². The minimum atomic E-state index is -1.07. The molecule has 0 aromatic heterocycles. The van der Waals surface area contributed by atoms with Crippen LogP contribution in [0, 0.1) is 0 Å². The molecule has 1 unspecified atom stereocenters. The van der Waals surface area contributed by atoms with Crippen LogP contribution in [-0.2, 0) is 23.4 Å². The number of carbonyl (C=O) groups is 1. The van der Waals surface area contributed by atoms with Gasteiger partial charge in [0.05, 0.1) is 5.56 Å². The second-order valence-corrected chi connectivity index (χ2v) is 9.72. The number of fused-ring (bicyclic) bond motifs is 6. The predicted octanol–water partition coefficient (Wildman–Crippen LogP) is 7.46. The number of benzene rings is 5. The maximum atomic E-state index is 13.2. The molecule has 0 N–H and O–H groups in total. The first-order chi connectivity index (χ1) is 18.7. The summed E-state index contributed by atoms with van der Waals surface area (Å²) < 4.78 is 12.7. The second-order valence-electron chi connectivity index (χ2n) is 9.72. The van der Waals surface area contributed by atoms with Gasteiger partial charge < -0.3 is 14.4 Å². The standard InChI is InChI=1S/C34H25NO3/c36-33-27-15-7-8-16-28(27)34(38-33)29-17-9-10-18-31(29)37-32-20-19-26(21-30(32)34)35(22-24-11-3-1-4-12-24)23-25-13-5-2-6-14-25/h1-21H,22-23H2. The lowest BCUT2D eigenvalue weighted by Gasteiger charge is -2.37. The van der Waals surface area contributed by atoms with Crippen molar-refractivity contribution in [1.82, 2.24) is 0 Å². The van der Waals surface area contributed by atoms with Crippen molar-refractivity contribution in [3.05, 3.63) is 161 Å². The minimum Gasteiger partial charge on any atom is -0.456 e.